The molecule has 1 unspecified atom stereocenters. The SMILES string of the molecule is COc1cc(/C=C/C2=NOC(COCCO)CN2C)ccc1-n1cnc(C)c1. The molecule has 0 saturated carbocycles. The van der Waals surface area contributed by atoms with Crippen LogP contribution in [0.25, 0.3) is 11.8 Å². The van der Waals surface area contributed by atoms with Crippen LogP contribution in [0.4, 0.5) is 0 Å². The molecule has 8 nitrogen and oxygen atoms in total. The first-order valence-electron chi connectivity index (χ1n) is 9.11. The normalized spacial score (nSPS) is 16.9. The number of likely N-dealkylation sites (N-methyl/N-ethyl adjacent to an activating group) is 1. The average molecular weight is 386 g/mol. The van der Waals surface area contributed by atoms with Gasteiger partial charge in [0.1, 0.15) is 5.75 Å². The predicted octanol–water partition coefficient (Wildman–Crippen LogP) is 1.86. The van der Waals surface area contributed by atoms with Crippen LogP contribution >= 0.6 is 0 Å². The number of hydrogen-bond acceptors (Lipinski definition) is 7. The summed E-state index contributed by atoms with van der Waals surface area (Å²) in [5.41, 5.74) is 2.87. The molecule has 0 radical (unpaired) electrons. The van der Waals surface area contributed by atoms with Gasteiger partial charge in [0.05, 0.1) is 51.2 Å². The van der Waals surface area contributed by atoms with Crippen molar-refractivity contribution in [3.8, 4) is 11.4 Å². The molecule has 2 aromatic rings. The minimum Gasteiger partial charge on any atom is -0.495 e. The zero-order valence-electron chi connectivity index (χ0n) is 16.4. The Morgan fingerprint density at radius 3 is 2.89 bits per heavy atom. The minimum absolute atomic E-state index is 0.00250. The summed E-state index contributed by atoms with van der Waals surface area (Å²) in [5, 5.41) is 12.9. The molecule has 1 aliphatic heterocycles. The maximum atomic E-state index is 8.76. The van der Waals surface area contributed by atoms with Crippen LogP contribution in [0.3, 0.4) is 0 Å². The van der Waals surface area contributed by atoms with Gasteiger partial charge in [-0.15, -0.1) is 0 Å². The predicted molar refractivity (Wildman–Crippen MR) is 107 cm³/mol. The molecule has 1 aromatic heterocycles. The van der Waals surface area contributed by atoms with Crippen LogP contribution in [0, 0.1) is 6.92 Å². The Hall–Kier alpha value is -2.84. The standard InChI is InChI=1S/C20H26N4O4/c1-15-11-24(14-21-15)18-6-4-16(10-19(18)26-3)5-7-20-22-28-17(12-23(20)2)13-27-9-8-25/h4-7,10-11,14,17,25H,8-9,12-13H2,1-3H3/b7-5+. The average Bonchev–Trinajstić information content (AvgIpc) is 3.13. The summed E-state index contributed by atoms with van der Waals surface area (Å²) >= 11 is 0. The summed E-state index contributed by atoms with van der Waals surface area (Å²) in [7, 11) is 3.61. The Kier molecular flexibility index (Phi) is 6.67. The molecule has 0 aliphatic carbocycles. The first kappa shape index (κ1) is 19.9. The summed E-state index contributed by atoms with van der Waals surface area (Å²) in [6, 6.07) is 5.98. The summed E-state index contributed by atoms with van der Waals surface area (Å²) < 4.78 is 12.8. The maximum absolute atomic E-state index is 8.76. The highest BCUT2D eigenvalue weighted by Gasteiger charge is 2.20. The largest absolute Gasteiger partial charge is 0.495 e. The topological polar surface area (TPSA) is 81.3 Å². The highest BCUT2D eigenvalue weighted by Crippen LogP contribution is 2.25. The Morgan fingerprint density at radius 2 is 2.21 bits per heavy atom. The highest BCUT2D eigenvalue weighted by atomic mass is 16.7. The molecular weight excluding hydrogens is 360 g/mol. The number of aromatic nitrogens is 2. The number of benzene rings is 1. The number of aliphatic hydroxyl groups excluding tert-OH is 1. The molecule has 2 heterocycles. The number of ether oxygens (including phenoxy) is 2. The van der Waals surface area contributed by atoms with E-state index in [0.29, 0.717) is 19.8 Å². The number of aliphatic hydroxyl groups is 1. The maximum Gasteiger partial charge on any atom is 0.168 e. The molecule has 1 N–H and O–H groups in total. The zero-order valence-corrected chi connectivity index (χ0v) is 16.4. The molecule has 0 bridgehead atoms. The van der Waals surface area contributed by atoms with E-state index < -0.39 is 0 Å². The van der Waals surface area contributed by atoms with Gasteiger partial charge in [-0.2, -0.15) is 0 Å². The molecule has 28 heavy (non-hydrogen) atoms. The number of imidazole rings is 1. The Bertz CT molecular complexity index is 846. The monoisotopic (exact) mass is 386 g/mol. The minimum atomic E-state index is -0.147. The van der Waals surface area contributed by atoms with Crippen molar-refractivity contribution in [2.75, 3.05) is 40.5 Å². The second-order valence-electron chi connectivity index (χ2n) is 6.54. The van der Waals surface area contributed by atoms with Crippen molar-refractivity contribution in [2.24, 2.45) is 5.16 Å². The van der Waals surface area contributed by atoms with Gasteiger partial charge < -0.3 is 28.9 Å². The van der Waals surface area contributed by atoms with Crippen LogP contribution in [0.5, 0.6) is 5.75 Å². The third-order valence-corrected chi connectivity index (χ3v) is 4.32. The van der Waals surface area contributed by atoms with Gasteiger partial charge in [0, 0.05) is 13.2 Å². The number of amidine groups is 1. The van der Waals surface area contributed by atoms with E-state index in [1.165, 1.54) is 0 Å². The third kappa shape index (κ3) is 4.90. The van der Waals surface area contributed by atoms with Crippen LogP contribution in [-0.2, 0) is 9.57 Å². The fraction of sp³-hybridized carbons (Fsp3) is 0.400. The third-order valence-electron chi connectivity index (χ3n) is 4.32. The number of oxime groups is 1. The van der Waals surface area contributed by atoms with Crippen molar-refractivity contribution in [3.63, 3.8) is 0 Å². The fourth-order valence-corrected chi connectivity index (χ4v) is 2.89. The molecule has 0 spiro atoms. The van der Waals surface area contributed by atoms with Crippen molar-refractivity contribution in [3.05, 3.63) is 48.1 Å². The molecule has 8 heteroatoms. The Labute approximate surface area is 164 Å². The molecule has 1 aliphatic rings. The Balaban J connectivity index is 1.68. The van der Waals surface area contributed by atoms with Crippen molar-refractivity contribution in [1.82, 2.24) is 14.5 Å². The second kappa shape index (κ2) is 9.38. The van der Waals surface area contributed by atoms with E-state index in [1.54, 1.807) is 13.4 Å². The van der Waals surface area contributed by atoms with Gasteiger partial charge in [-0.25, -0.2) is 4.98 Å². The van der Waals surface area contributed by atoms with E-state index in [0.717, 1.165) is 28.5 Å². The van der Waals surface area contributed by atoms with Crippen LogP contribution in [-0.4, -0.2) is 72.0 Å². The molecule has 3 rings (SSSR count). The van der Waals surface area contributed by atoms with Crippen molar-refractivity contribution >= 4 is 11.9 Å². The lowest BCUT2D eigenvalue weighted by Crippen LogP contribution is -2.41. The summed E-state index contributed by atoms with van der Waals surface area (Å²) in [6.07, 6.45) is 7.45. The van der Waals surface area contributed by atoms with Gasteiger partial charge in [0.2, 0.25) is 0 Å². The van der Waals surface area contributed by atoms with Gasteiger partial charge >= 0.3 is 0 Å². The molecule has 1 aromatic carbocycles. The summed E-state index contributed by atoms with van der Waals surface area (Å²) in [5.74, 6) is 1.49. The lowest BCUT2D eigenvalue weighted by atomic mass is 10.1. The number of nitrogens with zero attached hydrogens (tertiary/aromatic N) is 4. The molecular formula is C20H26N4O4. The van der Waals surface area contributed by atoms with Crippen LogP contribution in [0.15, 0.2) is 42.0 Å². The lowest BCUT2D eigenvalue weighted by molar-refractivity contribution is -0.0390. The second-order valence-corrected chi connectivity index (χ2v) is 6.54. The Morgan fingerprint density at radius 1 is 1.36 bits per heavy atom. The van der Waals surface area contributed by atoms with Crippen molar-refractivity contribution in [1.29, 1.82) is 0 Å². The highest BCUT2D eigenvalue weighted by molar-refractivity contribution is 5.96. The van der Waals surface area contributed by atoms with Gasteiger partial charge in [0.15, 0.2) is 11.9 Å². The van der Waals surface area contributed by atoms with Crippen LogP contribution in [0.2, 0.25) is 0 Å². The molecule has 1 atom stereocenters. The fourth-order valence-electron chi connectivity index (χ4n) is 2.89. The first-order valence-corrected chi connectivity index (χ1v) is 9.11. The molecule has 0 saturated heterocycles. The smallest absolute Gasteiger partial charge is 0.168 e. The van der Waals surface area contributed by atoms with Crippen LogP contribution < -0.4 is 4.74 Å². The van der Waals surface area contributed by atoms with E-state index >= 15 is 0 Å². The quantitative estimate of drug-likeness (QED) is 0.698. The first-order chi connectivity index (χ1) is 13.6. The zero-order chi connectivity index (χ0) is 19.9. The van der Waals surface area contributed by atoms with E-state index in [4.69, 9.17) is 19.4 Å². The molecule has 0 amide bonds. The van der Waals surface area contributed by atoms with E-state index in [1.807, 2.05) is 60.0 Å². The van der Waals surface area contributed by atoms with Crippen LogP contribution in [0.1, 0.15) is 11.3 Å². The van der Waals surface area contributed by atoms with Gasteiger partial charge in [-0.3, -0.25) is 0 Å². The number of aryl methyl sites for hydroxylation is 1. The van der Waals surface area contributed by atoms with Crippen molar-refractivity contribution < 1.29 is 19.4 Å². The van der Waals surface area contributed by atoms with Gasteiger partial charge in [-0.1, -0.05) is 17.3 Å². The van der Waals surface area contributed by atoms with Gasteiger partial charge in [-0.05, 0) is 30.7 Å². The number of hydrogen-bond donors (Lipinski definition) is 1. The number of methoxy groups -OCH3 is 1. The van der Waals surface area contributed by atoms with E-state index in [2.05, 4.69) is 10.1 Å². The summed E-state index contributed by atoms with van der Waals surface area (Å²) in [6.45, 7) is 3.32. The van der Waals surface area contributed by atoms with Gasteiger partial charge in [0.25, 0.3) is 0 Å². The summed E-state index contributed by atoms with van der Waals surface area (Å²) in [4.78, 5) is 11.7. The van der Waals surface area contributed by atoms with Crippen molar-refractivity contribution in [2.45, 2.75) is 13.0 Å². The lowest BCUT2D eigenvalue weighted by Gasteiger charge is -2.28. The molecule has 150 valence electrons. The van der Waals surface area contributed by atoms with E-state index in [-0.39, 0.29) is 12.7 Å². The van der Waals surface area contributed by atoms with E-state index in [9.17, 15) is 0 Å². The molecule has 0 fully saturated rings. The number of rotatable bonds is 8.